The Morgan fingerprint density at radius 2 is 2.41 bits per heavy atom. The predicted molar refractivity (Wildman–Crippen MR) is 63.4 cm³/mol. The first-order valence-electron chi connectivity index (χ1n) is 5.92. The van der Waals surface area contributed by atoms with Gasteiger partial charge in [-0.15, -0.1) is 0 Å². The van der Waals surface area contributed by atoms with E-state index in [1.807, 2.05) is 0 Å². The van der Waals surface area contributed by atoms with Crippen LogP contribution in [0, 0.1) is 11.7 Å². The second kappa shape index (κ2) is 5.47. The molecule has 2 rings (SSSR count). The molecule has 1 fully saturated rings. The molecule has 1 heterocycles. The zero-order chi connectivity index (χ0) is 12.3. The van der Waals surface area contributed by atoms with Crippen LogP contribution in [-0.4, -0.2) is 19.8 Å². The lowest BCUT2D eigenvalue weighted by Gasteiger charge is -2.12. The number of ether oxygens (including phenoxy) is 2. The highest BCUT2D eigenvalue weighted by atomic mass is 19.1. The molecule has 0 aliphatic carbocycles. The van der Waals surface area contributed by atoms with Crippen LogP contribution in [0.1, 0.15) is 24.9 Å². The Morgan fingerprint density at radius 3 is 3.00 bits per heavy atom. The van der Waals surface area contributed by atoms with Gasteiger partial charge in [-0.25, -0.2) is 4.39 Å². The average Bonchev–Trinajstić information content (AvgIpc) is 2.78. The molecule has 1 aromatic carbocycles. The fraction of sp³-hybridized carbons (Fsp3) is 0.538. The van der Waals surface area contributed by atoms with Crippen LogP contribution in [0.25, 0.3) is 0 Å². The summed E-state index contributed by atoms with van der Waals surface area (Å²) in [6.07, 6.45) is 1.01. The lowest BCUT2D eigenvalue weighted by molar-refractivity contribution is 0.167. The summed E-state index contributed by atoms with van der Waals surface area (Å²) in [4.78, 5) is 0. The molecule has 1 aliphatic rings. The monoisotopic (exact) mass is 239 g/mol. The number of halogens is 1. The summed E-state index contributed by atoms with van der Waals surface area (Å²) in [7, 11) is 0. The van der Waals surface area contributed by atoms with Gasteiger partial charge < -0.3 is 15.2 Å². The Labute approximate surface area is 101 Å². The van der Waals surface area contributed by atoms with E-state index in [0.29, 0.717) is 23.8 Å². The first kappa shape index (κ1) is 12.3. The Morgan fingerprint density at radius 1 is 1.59 bits per heavy atom. The highest BCUT2D eigenvalue weighted by molar-refractivity contribution is 5.30. The van der Waals surface area contributed by atoms with E-state index in [1.54, 1.807) is 19.1 Å². The van der Waals surface area contributed by atoms with Gasteiger partial charge in [0.15, 0.2) is 0 Å². The van der Waals surface area contributed by atoms with Crippen LogP contribution in [0.2, 0.25) is 0 Å². The molecular weight excluding hydrogens is 221 g/mol. The number of hydrogen-bond donors (Lipinski definition) is 1. The van der Waals surface area contributed by atoms with Gasteiger partial charge in [0.2, 0.25) is 0 Å². The van der Waals surface area contributed by atoms with Crippen molar-refractivity contribution >= 4 is 0 Å². The van der Waals surface area contributed by atoms with Gasteiger partial charge in [0, 0.05) is 30.2 Å². The second-order valence-electron chi connectivity index (χ2n) is 4.51. The van der Waals surface area contributed by atoms with Crippen molar-refractivity contribution in [1.29, 1.82) is 0 Å². The number of nitrogens with two attached hydrogens (primary N) is 1. The number of benzene rings is 1. The minimum atomic E-state index is -0.305. The van der Waals surface area contributed by atoms with Crippen molar-refractivity contribution in [2.45, 2.75) is 19.4 Å². The zero-order valence-electron chi connectivity index (χ0n) is 9.99. The van der Waals surface area contributed by atoms with E-state index < -0.39 is 0 Å². The predicted octanol–water partition coefficient (Wildman–Crippen LogP) is 2.26. The molecule has 0 saturated carbocycles. The van der Waals surface area contributed by atoms with E-state index >= 15 is 0 Å². The lowest BCUT2D eigenvalue weighted by atomic mass is 10.1. The van der Waals surface area contributed by atoms with E-state index in [9.17, 15) is 4.39 Å². The minimum absolute atomic E-state index is 0.299. The van der Waals surface area contributed by atoms with Gasteiger partial charge in [-0.05, 0) is 19.4 Å². The summed E-state index contributed by atoms with van der Waals surface area (Å²) in [5.41, 5.74) is 6.16. The van der Waals surface area contributed by atoms with Crippen LogP contribution in [-0.2, 0) is 4.74 Å². The first-order valence-corrected chi connectivity index (χ1v) is 5.92. The summed E-state index contributed by atoms with van der Waals surface area (Å²) in [5.74, 6) is 0.671. The third kappa shape index (κ3) is 3.17. The van der Waals surface area contributed by atoms with Crippen LogP contribution in [0.5, 0.6) is 5.75 Å². The van der Waals surface area contributed by atoms with E-state index in [4.69, 9.17) is 15.2 Å². The van der Waals surface area contributed by atoms with Crippen LogP contribution >= 0.6 is 0 Å². The summed E-state index contributed by atoms with van der Waals surface area (Å²) in [6.45, 7) is 3.87. The molecule has 3 nitrogen and oxygen atoms in total. The van der Waals surface area contributed by atoms with Gasteiger partial charge in [-0.3, -0.25) is 0 Å². The molecule has 0 radical (unpaired) electrons. The first-order chi connectivity index (χ1) is 8.16. The van der Waals surface area contributed by atoms with Gasteiger partial charge in [-0.2, -0.15) is 0 Å². The Hall–Kier alpha value is -1.13. The lowest BCUT2D eigenvalue weighted by Crippen LogP contribution is -2.12. The van der Waals surface area contributed by atoms with E-state index in [-0.39, 0.29) is 11.9 Å². The maximum atomic E-state index is 13.6. The van der Waals surface area contributed by atoms with Crippen LogP contribution in [0.3, 0.4) is 0 Å². The molecule has 1 aliphatic heterocycles. The smallest absolute Gasteiger partial charge is 0.131 e. The zero-order valence-corrected chi connectivity index (χ0v) is 9.99. The molecule has 2 unspecified atom stereocenters. The highest BCUT2D eigenvalue weighted by Crippen LogP contribution is 2.22. The highest BCUT2D eigenvalue weighted by Gasteiger charge is 2.16. The van der Waals surface area contributed by atoms with Gasteiger partial charge in [0.1, 0.15) is 11.6 Å². The quantitative estimate of drug-likeness (QED) is 0.876. The van der Waals surface area contributed by atoms with Gasteiger partial charge in [0.05, 0.1) is 13.2 Å². The molecular formula is C13H18FNO2. The standard InChI is InChI=1S/C13H18FNO2/c1-9(15)12-3-2-11(6-13(12)14)17-8-10-4-5-16-7-10/h2-3,6,9-10H,4-5,7-8,15H2,1H3. The van der Waals surface area contributed by atoms with E-state index in [2.05, 4.69) is 0 Å². The Bertz CT molecular complexity index is 376. The normalized spacial score (nSPS) is 21.5. The minimum Gasteiger partial charge on any atom is -0.493 e. The van der Waals surface area contributed by atoms with Crippen LogP contribution in [0.15, 0.2) is 18.2 Å². The average molecular weight is 239 g/mol. The third-order valence-electron chi connectivity index (χ3n) is 2.97. The van der Waals surface area contributed by atoms with Crippen LogP contribution < -0.4 is 10.5 Å². The van der Waals surface area contributed by atoms with E-state index in [0.717, 1.165) is 19.6 Å². The van der Waals surface area contributed by atoms with Gasteiger partial charge in [0.25, 0.3) is 0 Å². The topological polar surface area (TPSA) is 44.5 Å². The molecule has 0 amide bonds. The van der Waals surface area contributed by atoms with Crippen molar-refractivity contribution in [3.05, 3.63) is 29.6 Å². The largest absolute Gasteiger partial charge is 0.493 e. The molecule has 2 atom stereocenters. The SMILES string of the molecule is CC(N)c1ccc(OCC2CCOC2)cc1F. The summed E-state index contributed by atoms with van der Waals surface area (Å²) in [5, 5.41) is 0. The van der Waals surface area contributed by atoms with Crippen molar-refractivity contribution in [3.63, 3.8) is 0 Å². The van der Waals surface area contributed by atoms with Crippen molar-refractivity contribution in [3.8, 4) is 5.75 Å². The molecule has 2 N–H and O–H groups in total. The van der Waals surface area contributed by atoms with Crippen LogP contribution in [0.4, 0.5) is 4.39 Å². The van der Waals surface area contributed by atoms with E-state index in [1.165, 1.54) is 6.07 Å². The number of hydrogen-bond acceptors (Lipinski definition) is 3. The molecule has 1 saturated heterocycles. The fourth-order valence-electron chi connectivity index (χ4n) is 1.90. The van der Waals surface area contributed by atoms with Crippen molar-refractivity contribution in [1.82, 2.24) is 0 Å². The number of rotatable bonds is 4. The summed E-state index contributed by atoms with van der Waals surface area (Å²) < 4.78 is 24.4. The third-order valence-corrected chi connectivity index (χ3v) is 2.97. The maximum absolute atomic E-state index is 13.6. The van der Waals surface area contributed by atoms with Crippen molar-refractivity contribution < 1.29 is 13.9 Å². The molecule has 1 aromatic rings. The summed E-state index contributed by atoms with van der Waals surface area (Å²) >= 11 is 0. The second-order valence-corrected chi connectivity index (χ2v) is 4.51. The molecule has 0 bridgehead atoms. The Balaban J connectivity index is 1.94. The Kier molecular flexibility index (Phi) is 3.97. The van der Waals surface area contributed by atoms with Gasteiger partial charge >= 0.3 is 0 Å². The molecule has 4 heteroatoms. The maximum Gasteiger partial charge on any atom is 0.131 e. The van der Waals surface area contributed by atoms with Gasteiger partial charge in [-0.1, -0.05) is 6.07 Å². The fourth-order valence-corrected chi connectivity index (χ4v) is 1.90. The van der Waals surface area contributed by atoms with Crippen molar-refractivity contribution in [2.75, 3.05) is 19.8 Å². The van der Waals surface area contributed by atoms with Crippen molar-refractivity contribution in [2.24, 2.45) is 11.7 Å². The summed E-state index contributed by atoms with van der Waals surface area (Å²) in [6, 6.07) is 4.54. The molecule has 94 valence electrons. The molecule has 0 spiro atoms. The molecule has 17 heavy (non-hydrogen) atoms. The molecule has 0 aromatic heterocycles.